The molecule has 27 heavy (non-hydrogen) atoms. The second-order valence-electron chi connectivity index (χ2n) is 7.01. The van der Waals surface area contributed by atoms with Crippen LogP contribution in [0, 0.1) is 5.92 Å². The zero-order valence-corrected chi connectivity index (χ0v) is 14.7. The van der Waals surface area contributed by atoms with Gasteiger partial charge >= 0.3 is 6.36 Å². The van der Waals surface area contributed by atoms with Crippen LogP contribution in [0.5, 0.6) is 5.75 Å². The Bertz CT molecular complexity index is 711. The van der Waals surface area contributed by atoms with Crippen LogP contribution in [0.3, 0.4) is 0 Å². The molecule has 3 N–H and O–H groups in total. The van der Waals surface area contributed by atoms with E-state index in [0.717, 1.165) is 25.3 Å². The Labute approximate surface area is 154 Å². The third kappa shape index (κ3) is 4.91. The number of alkyl halides is 3. The summed E-state index contributed by atoms with van der Waals surface area (Å²) in [6.45, 7) is 0.309. The highest BCUT2D eigenvalue weighted by atomic mass is 19.4. The number of carbonyl (C=O) groups is 2. The topological polar surface area (TPSA) is 84.7 Å². The number of nitrogens with two attached hydrogens (primary N) is 1. The highest BCUT2D eigenvalue weighted by molar-refractivity contribution is 6.01. The number of rotatable bonds is 4. The molecule has 2 fully saturated rings. The van der Waals surface area contributed by atoms with Crippen molar-refractivity contribution in [2.45, 2.75) is 50.6 Å². The molecule has 1 aliphatic heterocycles. The molecule has 1 saturated heterocycles. The molecule has 2 aliphatic rings. The predicted molar refractivity (Wildman–Crippen MR) is 92.0 cm³/mol. The molecule has 1 aromatic carbocycles. The lowest BCUT2D eigenvalue weighted by atomic mass is 9.85. The fourth-order valence-electron chi connectivity index (χ4n) is 3.67. The molecule has 3 atom stereocenters. The van der Waals surface area contributed by atoms with Gasteiger partial charge in [0.2, 0.25) is 11.8 Å². The first-order valence-corrected chi connectivity index (χ1v) is 8.96. The average molecular weight is 385 g/mol. The van der Waals surface area contributed by atoms with Crippen LogP contribution in [0.15, 0.2) is 24.3 Å². The molecule has 148 valence electrons. The van der Waals surface area contributed by atoms with Gasteiger partial charge in [-0.2, -0.15) is 0 Å². The van der Waals surface area contributed by atoms with E-state index in [-0.39, 0.29) is 23.8 Å². The molecule has 2 amide bonds. The largest absolute Gasteiger partial charge is 0.573 e. The van der Waals surface area contributed by atoms with Gasteiger partial charge in [-0.3, -0.25) is 9.59 Å². The van der Waals surface area contributed by atoms with Crippen molar-refractivity contribution in [1.29, 1.82) is 0 Å². The van der Waals surface area contributed by atoms with Crippen molar-refractivity contribution in [3.8, 4) is 5.75 Å². The number of carbonyl (C=O) groups excluding carboxylic acids is 2. The van der Waals surface area contributed by atoms with Gasteiger partial charge in [-0.1, -0.05) is 12.5 Å². The summed E-state index contributed by atoms with van der Waals surface area (Å²) < 4.78 is 41.0. The van der Waals surface area contributed by atoms with Crippen LogP contribution in [-0.2, 0) is 9.59 Å². The maximum Gasteiger partial charge on any atom is 0.573 e. The lowest BCUT2D eigenvalue weighted by Crippen LogP contribution is -2.45. The fourth-order valence-corrected chi connectivity index (χ4v) is 3.67. The molecule has 3 rings (SSSR count). The quantitative estimate of drug-likeness (QED) is 0.833. The summed E-state index contributed by atoms with van der Waals surface area (Å²) in [6.07, 6.45) is -1.26. The normalized spacial score (nSPS) is 26.1. The van der Waals surface area contributed by atoms with Gasteiger partial charge in [0.05, 0.1) is 0 Å². The monoisotopic (exact) mass is 385 g/mol. The van der Waals surface area contributed by atoms with E-state index in [1.807, 2.05) is 0 Å². The Morgan fingerprint density at radius 3 is 2.74 bits per heavy atom. The number of halogens is 3. The first-order chi connectivity index (χ1) is 12.7. The molecule has 3 unspecified atom stereocenters. The summed E-state index contributed by atoms with van der Waals surface area (Å²) in [7, 11) is 0. The molecule has 1 aliphatic carbocycles. The SMILES string of the molecule is NC1CCCC(C(=O)NC2CCN(c3cccc(OC(F)(F)F)c3)C2=O)C1. The third-order valence-electron chi connectivity index (χ3n) is 4.97. The molecule has 1 aromatic rings. The molecule has 9 heteroatoms. The average Bonchev–Trinajstić information content (AvgIpc) is 2.94. The van der Waals surface area contributed by atoms with E-state index in [1.165, 1.54) is 23.1 Å². The van der Waals surface area contributed by atoms with E-state index in [4.69, 9.17) is 5.73 Å². The first kappa shape index (κ1) is 19.5. The first-order valence-electron chi connectivity index (χ1n) is 8.96. The Kier molecular flexibility index (Phi) is 5.59. The van der Waals surface area contributed by atoms with E-state index in [1.54, 1.807) is 0 Å². The zero-order chi connectivity index (χ0) is 19.6. The number of amides is 2. The number of benzene rings is 1. The molecular formula is C18H22F3N3O3. The van der Waals surface area contributed by atoms with Gasteiger partial charge in [0.25, 0.3) is 0 Å². The van der Waals surface area contributed by atoms with Crippen molar-refractivity contribution in [2.24, 2.45) is 11.7 Å². The summed E-state index contributed by atoms with van der Waals surface area (Å²) >= 11 is 0. The second kappa shape index (κ2) is 7.75. The number of hydrogen-bond donors (Lipinski definition) is 2. The van der Waals surface area contributed by atoms with Crippen LogP contribution in [-0.4, -0.2) is 36.8 Å². The van der Waals surface area contributed by atoms with Gasteiger partial charge in [0, 0.05) is 30.3 Å². The van der Waals surface area contributed by atoms with Gasteiger partial charge in [-0.05, 0) is 37.8 Å². The van der Waals surface area contributed by atoms with Gasteiger partial charge < -0.3 is 20.7 Å². The minimum atomic E-state index is -4.80. The Hall–Kier alpha value is -2.29. The van der Waals surface area contributed by atoms with E-state index >= 15 is 0 Å². The van der Waals surface area contributed by atoms with Gasteiger partial charge in [0.15, 0.2) is 0 Å². The molecule has 0 bridgehead atoms. The molecule has 1 saturated carbocycles. The Morgan fingerprint density at radius 1 is 1.26 bits per heavy atom. The third-order valence-corrected chi connectivity index (χ3v) is 4.97. The van der Waals surface area contributed by atoms with E-state index in [2.05, 4.69) is 10.1 Å². The van der Waals surface area contributed by atoms with Crippen LogP contribution in [0.4, 0.5) is 18.9 Å². The van der Waals surface area contributed by atoms with Crippen molar-refractivity contribution in [3.63, 3.8) is 0 Å². The number of nitrogens with one attached hydrogen (secondary N) is 1. The molecule has 0 radical (unpaired) electrons. The van der Waals surface area contributed by atoms with Crippen molar-refractivity contribution >= 4 is 17.5 Å². The number of ether oxygens (including phenoxy) is 1. The van der Waals surface area contributed by atoms with Crippen molar-refractivity contribution in [3.05, 3.63) is 24.3 Å². The number of nitrogens with zero attached hydrogens (tertiary/aromatic N) is 1. The molecular weight excluding hydrogens is 363 g/mol. The standard InChI is InChI=1S/C18H22F3N3O3/c19-18(20,21)27-14-6-2-5-13(10-14)24-8-7-15(17(24)26)23-16(25)11-3-1-4-12(22)9-11/h2,5-6,10-12,15H,1,3-4,7-9,22H2,(H,23,25). The summed E-state index contributed by atoms with van der Waals surface area (Å²) in [5.41, 5.74) is 6.21. The van der Waals surface area contributed by atoms with Crippen molar-refractivity contribution in [1.82, 2.24) is 5.32 Å². The summed E-state index contributed by atoms with van der Waals surface area (Å²) in [5, 5.41) is 2.77. The highest BCUT2D eigenvalue weighted by Crippen LogP contribution is 2.29. The fraction of sp³-hybridized carbons (Fsp3) is 0.556. The van der Waals surface area contributed by atoms with Crippen LogP contribution < -0.4 is 20.7 Å². The highest BCUT2D eigenvalue weighted by Gasteiger charge is 2.36. The van der Waals surface area contributed by atoms with Gasteiger partial charge in [0.1, 0.15) is 11.8 Å². The summed E-state index contributed by atoms with van der Waals surface area (Å²) in [5.74, 6) is -1.11. The number of anilines is 1. The van der Waals surface area contributed by atoms with Crippen molar-refractivity contribution in [2.75, 3.05) is 11.4 Å². The number of hydrogen-bond acceptors (Lipinski definition) is 4. The van der Waals surface area contributed by atoms with Crippen LogP contribution >= 0.6 is 0 Å². The molecule has 0 aromatic heterocycles. The van der Waals surface area contributed by atoms with Crippen LogP contribution in [0.1, 0.15) is 32.1 Å². The molecule has 1 heterocycles. The molecule has 6 nitrogen and oxygen atoms in total. The minimum absolute atomic E-state index is 0.00153. The summed E-state index contributed by atoms with van der Waals surface area (Å²) in [6, 6.07) is 4.58. The molecule has 0 spiro atoms. The van der Waals surface area contributed by atoms with Gasteiger partial charge in [-0.15, -0.1) is 13.2 Å². The van der Waals surface area contributed by atoms with Crippen LogP contribution in [0.25, 0.3) is 0 Å². The lowest BCUT2D eigenvalue weighted by Gasteiger charge is -2.26. The predicted octanol–water partition coefficient (Wildman–Crippen LogP) is 2.32. The van der Waals surface area contributed by atoms with E-state index in [9.17, 15) is 22.8 Å². The zero-order valence-electron chi connectivity index (χ0n) is 14.7. The Balaban J connectivity index is 1.63. The van der Waals surface area contributed by atoms with Crippen LogP contribution in [0.2, 0.25) is 0 Å². The second-order valence-corrected chi connectivity index (χ2v) is 7.01. The van der Waals surface area contributed by atoms with E-state index < -0.39 is 18.2 Å². The Morgan fingerprint density at radius 2 is 2.04 bits per heavy atom. The maximum atomic E-state index is 12.6. The summed E-state index contributed by atoms with van der Waals surface area (Å²) in [4.78, 5) is 26.4. The smallest absolute Gasteiger partial charge is 0.406 e. The van der Waals surface area contributed by atoms with Gasteiger partial charge in [-0.25, -0.2) is 0 Å². The van der Waals surface area contributed by atoms with Crippen molar-refractivity contribution < 1.29 is 27.5 Å². The minimum Gasteiger partial charge on any atom is -0.406 e. The van der Waals surface area contributed by atoms with E-state index in [0.29, 0.717) is 25.1 Å². The maximum absolute atomic E-state index is 12.6. The lowest BCUT2D eigenvalue weighted by molar-refractivity contribution is -0.274.